The molecule has 2 saturated heterocycles. The minimum atomic E-state index is -0.783. The van der Waals surface area contributed by atoms with E-state index in [9.17, 15) is 4.79 Å². The lowest BCUT2D eigenvalue weighted by Gasteiger charge is -2.29. The Labute approximate surface area is 166 Å². The number of fused-ring (bicyclic) bond motifs is 3. The topological polar surface area (TPSA) is 116 Å². The number of nitrogens with zero attached hydrogens (tertiary/aromatic N) is 4. The zero-order valence-electron chi connectivity index (χ0n) is 15.2. The number of carboxylic acids is 1. The van der Waals surface area contributed by atoms with Crippen molar-refractivity contribution in [3.8, 4) is 10.6 Å². The first-order chi connectivity index (χ1) is 13.6. The van der Waals surface area contributed by atoms with Gasteiger partial charge in [-0.3, -0.25) is 14.5 Å². The highest BCUT2D eigenvalue weighted by Gasteiger charge is 2.35. The van der Waals surface area contributed by atoms with Crippen LogP contribution >= 0.6 is 11.3 Å². The second-order valence-corrected chi connectivity index (χ2v) is 7.61. The number of carbonyl (C=O) groups is 2. The second kappa shape index (κ2) is 9.58. The van der Waals surface area contributed by atoms with Gasteiger partial charge < -0.3 is 19.8 Å². The second-order valence-electron chi connectivity index (χ2n) is 6.66. The average Bonchev–Trinajstić information content (AvgIpc) is 2.98. The number of rotatable bonds is 4. The monoisotopic (exact) mass is 406 g/mol. The Hall–Kier alpha value is -2.56. The van der Waals surface area contributed by atoms with Crippen molar-refractivity contribution in [1.82, 2.24) is 15.1 Å². The molecule has 2 N–H and O–H groups in total. The fourth-order valence-electron chi connectivity index (χ4n) is 3.52. The first-order valence-electron chi connectivity index (χ1n) is 8.86. The van der Waals surface area contributed by atoms with Crippen molar-refractivity contribution in [2.45, 2.75) is 6.04 Å². The van der Waals surface area contributed by atoms with Crippen molar-refractivity contribution in [1.29, 1.82) is 0 Å². The molecule has 0 aliphatic carbocycles. The van der Waals surface area contributed by atoms with Crippen LogP contribution in [0.1, 0.15) is 0 Å². The van der Waals surface area contributed by atoms with Crippen LogP contribution < -0.4 is 4.90 Å². The van der Waals surface area contributed by atoms with Crippen LogP contribution in [0.4, 0.5) is 5.13 Å². The predicted molar refractivity (Wildman–Crippen MR) is 104 cm³/mol. The summed E-state index contributed by atoms with van der Waals surface area (Å²) in [5.74, 6) is -0.509. The normalized spacial score (nSPS) is 21.9. The summed E-state index contributed by atoms with van der Waals surface area (Å²) in [5.41, 5.74) is 1.06. The third-order valence-electron chi connectivity index (χ3n) is 4.58. The van der Waals surface area contributed by atoms with E-state index in [4.69, 9.17) is 19.7 Å². The molecule has 9 nitrogen and oxygen atoms in total. The fraction of sp³-hybridized carbons (Fsp3) is 0.444. The van der Waals surface area contributed by atoms with Crippen LogP contribution in [0.25, 0.3) is 10.6 Å². The van der Waals surface area contributed by atoms with Crippen molar-refractivity contribution < 1.29 is 24.5 Å². The van der Waals surface area contributed by atoms with Gasteiger partial charge in [-0.05, 0) is 0 Å². The maximum atomic E-state index is 11.1. The highest BCUT2D eigenvalue weighted by Crippen LogP contribution is 2.32. The smallest absolute Gasteiger partial charge is 0.317 e. The van der Waals surface area contributed by atoms with Gasteiger partial charge >= 0.3 is 5.97 Å². The molecule has 1 aromatic heterocycles. The SMILES string of the molecule is O=C(O)CN1C[C@@H]2COC[C@H](C1)N(c1nnc(-c3ccccc3)s1)C2.O=CO. The maximum absolute atomic E-state index is 11.1. The number of anilines is 1. The number of aliphatic carboxylic acids is 1. The van der Waals surface area contributed by atoms with Gasteiger partial charge in [0.15, 0.2) is 0 Å². The molecule has 2 fully saturated rings. The average molecular weight is 406 g/mol. The molecule has 2 aliphatic rings. The first-order valence-corrected chi connectivity index (χ1v) is 9.67. The molecule has 2 atom stereocenters. The molecule has 1 aromatic carbocycles. The molecule has 0 spiro atoms. The minimum Gasteiger partial charge on any atom is -0.483 e. The molecule has 2 aliphatic heterocycles. The molecule has 2 bridgehead atoms. The Kier molecular flexibility index (Phi) is 6.90. The summed E-state index contributed by atoms with van der Waals surface area (Å²) in [6, 6.07) is 10.1. The Morgan fingerprint density at radius 2 is 1.96 bits per heavy atom. The Balaban J connectivity index is 0.000000706. The molecular weight excluding hydrogens is 384 g/mol. The van der Waals surface area contributed by atoms with E-state index in [1.807, 2.05) is 35.2 Å². The van der Waals surface area contributed by atoms with E-state index < -0.39 is 5.97 Å². The summed E-state index contributed by atoms with van der Waals surface area (Å²) in [5, 5.41) is 26.6. The van der Waals surface area contributed by atoms with Crippen LogP contribution in [0.5, 0.6) is 0 Å². The van der Waals surface area contributed by atoms with E-state index in [1.165, 1.54) is 0 Å². The van der Waals surface area contributed by atoms with Gasteiger partial charge in [0, 0.05) is 31.1 Å². The zero-order chi connectivity index (χ0) is 19.9. The third kappa shape index (κ3) is 5.03. The largest absolute Gasteiger partial charge is 0.483 e. The van der Waals surface area contributed by atoms with Gasteiger partial charge in [0.05, 0.1) is 25.8 Å². The molecule has 28 heavy (non-hydrogen) atoms. The molecule has 2 aromatic rings. The number of carboxylic acid groups (broad SMARTS) is 2. The Morgan fingerprint density at radius 1 is 1.21 bits per heavy atom. The van der Waals surface area contributed by atoms with E-state index in [0.717, 1.165) is 28.8 Å². The van der Waals surface area contributed by atoms with E-state index in [2.05, 4.69) is 15.1 Å². The van der Waals surface area contributed by atoms with Crippen LogP contribution in [0.2, 0.25) is 0 Å². The molecule has 0 amide bonds. The molecule has 0 radical (unpaired) electrons. The zero-order valence-corrected chi connectivity index (χ0v) is 16.0. The quantitative estimate of drug-likeness (QED) is 0.721. The number of ether oxygens (including phenoxy) is 1. The van der Waals surface area contributed by atoms with E-state index in [0.29, 0.717) is 19.8 Å². The van der Waals surface area contributed by atoms with Crippen LogP contribution in [0.3, 0.4) is 0 Å². The summed E-state index contributed by atoms with van der Waals surface area (Å²) in [6.07, 6.45) is 0. The van der Waals surface area contributed by atoms with Gasteiger partial charge in [0.2, 0.25) is 5.13 Å². The Morgan fingerprint density at radius 3 is 2.68 bits per heavy atom. The highest BCUT2D eigenvalue weighted by atomic mass is 32.1. The Bertz CT molecular complexity index is 787. The summed E-state index contributed by atoms with van der Waals surface area (Å²) >= 11 is 1.58. The van der Waals surface area contributed by atoms with Crippen molar-refractivity contribution in [3.63, 3.8) is 0 Å². The van der Waals surface area contributed by atoms with Gasteiger partial charge in [-0.2, -0.15) is 0 Å². The predicted octanol–water partition coefficient (Wildman–Crippen LogP) is 1.13. The van der Waals surface area contributed by atoms with Gasteiger partial charge in [-0.1, -0.05) is 41.7 Å². The maximum Gasteiger partial charge on any atom is 0.317 e. The molecule has 0 unspecified atom stereocenters. The van der Waals surface area contributed by atoms with Gasteiger partial charge in [0.1, 0.15) is 5.01 Å². The van der Waals surface area contributed by atoms with Crippen LogP contribution in [0, 0.1) is 5.92 Å². The van der Waals surface area contributed by atoms with Crippen molar-refractivity contribution in [2.24, 2.45) is 5.92 Å². The van der Waals surface area contributed by atoms with Crippen molar-refractivity contribution in [2.75, 3.05) is 44.3 Å². The lowest BCUT2D eigenvalue weighted by molar-refractivity contribution is -0.138. The number of benzene rings is 1. The molecule has 10 heteroatoms. The van der Waals surface area contributed by atoms with Gasteiger partial charge in [0.25, 0.3) is 6.47 Å². The summed E-state index contributed by atoms with van der Waals surface area (Å²) in [4.78, 5) is 23.7. The number of hydrogen-bond donors (Lipinski definition) is 2. The highest BCUT2D eigenvalue weighted by molar-refractivity contribution is 7.18. The van der Waals surface area contributed by atoms with Gasteiger partial charge in [-0.15, -0.1) is 10.2 Å². The molecular formula is C18H22N4O5S. The summed E-state index contributed by atoms with van der Waals surface area (Å²) in [6.45, 7) is 3.31. The minimum absolute atomic E-state index is 0.0756. The van der Waals surface area contributed by atoms with Crippen molar-refractivity contribution in [3.05, 3.63) is 30.3 Å². The summed E-state index contributed by atoms with van der Waals surface area (Å²) in [7, 11) is 0. The number of aromatic nitrogens is 2. The van der Waals surface area contributed by atoms with E-state index in [-0.39, 0.29) is 25.0 Å². The number of hydrogen-bond acceptors (Lipinski definition) is 8. The molecule has 4 rings (SSSR count). The van der Waals surface area contributed by atoms with Crippen LogP contribution in [0.15, 0.2) is 30.3 Å². The van der Waals surface area contributed by atoms with E-state index in [1.54, 1.807) is 11.3 Å². The van der Waals surface area contributed by atoms with Crippen molar-refractivity contribution >= 4 is 28.9 Å². The van der Waals surface area contributed by atoms with Crippen LogP contribution in [-0.2, 0) is 14.3 Å². The molecule has 0 saturated carbocycles. The van der Waals surface area contributed by atoms with E-state index >= 15 is 0 Å². The standard InChI is InChI=1S/C17H20N4O3S.CH2O2/c22-15(23)9-20-6-12-7-21(14(8-20)11-24-10-12)17-19-18-16(25-17)13-4-2-1-3-5-13;2-1-3/h1-5,12,14H,6-11H2,(H,22,23);1H,(H,2,3)/t12-,14-;/m0./s1. The summed E-state index contributed by atoms with van der Waals surface area (Å²) < 4.78 is 5.80. The molecule has 3 heterocycles. The van der Waals surface area contributed by atoms with Gasteiger partial charge in [-0.25, -0.2) is 0 Å². The van der Waals surface area contributed by atoms with Crippen LogP contribution in [-0.4, -0.2) is 83.2 Å². The fourth-order valence-corrected chi connectivity index (χ4v) is 4.45. The lowest BCUT2D eigenvalue weighted by atomic mass is 10.1. The molecule has 150 valence electrons. The first kappa shape index (κ1) is 20.2. The lowest BCUT2D eigenvalue weighted by Crippen LogP contribution is -2.45. The third-order valence-corrected chi connectivity index (χ3v) is 5.59.